The van der Waals surface area contributed by atoms with Crippen LogP contribution in [0.2, 0.25) is 25.7 Å². The number of halogens is 2. The SMILES string of the molecule is C[Si](C)(C)CCOCn1ncc(-c2nnc(C(F)F)o2)cc1=O. The number of alkyl halides is 2. The first-order chi connectivity index (χ1) is 10.8. The van der Waals surface area contributed by atoms with E-state index in [4.69, 9.17) is 9.15 Å². The van der Waals surface area contributed by atoms with Gasteiger partial charge in [-0.1, -0.05) is 19.6 Å². The average Bonchev–Trinajstić information content (AvgIpc) is 2.93. The Morgan fingerprint density at radius 3 is 2.65 bits per heavy atom. The van der Waals surface area contributed by atoms with E-state index in [0.29, 0.717) is 6.61 Å². The molecule has 0 N–H and O–H groups in total. The Morgan fingerprint density at radius 2 is 2.09 bits per heavy atom. The number of hydrogen-bond acceptors (Lipinski definition) is 6. The van der Waals surface area contributed by atoms with Crippen LogP contribution >= 0.6 is 0 Å². The molecule has 0 aliphatic rings. The normalized spacial score (nSPS) is 12.1. The second-order valence-corrected chi connectivity index (χ2v) is 11.8. The molecule has 0 saturated carbocycles. The number of hydrogen-bond donors (Lipinski definition) is 0. The summed E-state index contributed by atoms with van der Waals surface area (Å²) in [7, 11) is -1.19. The van der Waals surface area contributed by atoms with Crippen molar-refractivity contribution in [3.8, 4) is 11.5 Å². The second kappa shape index (κ2) is 7.09. The Balaban J connectivity index is 2.01. The van der Waals surface area contributed by atoms with E-state index in [2.05, 4.69) is 34.9 Å². The van der Waals surface area contributed by atoms with Crippen molar-refractivity contribution >= 4 is 8.07 Å². The van der Waals surface area contributed by atoms with Gasteiger partial charge in [-0.25, -0.2) is 4.68 Å². The molecular weight excluding hydrogens is 326 g/mol. The number of rotatable bonds is 7. The highest BCUT2D eigenvalue weighted by molar-refractivity contribution is 6.76. The van der Waals surface area contributed by atoms with Crippen LogP contribution in [0.3, 0.4) is 0 Å². The van der Waals surface area contributed by atoms with E-state index in [9.17, 15) is 13.6 Å². The summed E-state index contributed by atoms with van der Waals surface area (Å²) < 4.78 is 36.2. The lowest BCUT2D eigenvalue weighted by molar-refractivity contribution is 0.0750. The van der Waals surface area contributed by atoms with E-state index in [-0.39, 0.29) is 18.2 Å². The average molecular weight is 344 g/mol. The zero-order valence-corrected chi connectivity index (χ0v) is 14.1. The molecule has 0 aromatic carbocycles. The van der Waals surface area contributed by atoms with Crippen LogP contribution in [0.15, 0.2) is 21.5 Å². The van der Waals surface area contributed by atoms with Crippen LogP contribution in [-0.4, -0.2) is 34.7 Å². The molecular formula is C13H18F2N4O3Si. The van der Waals surface area contributed by atoms with Crippen molar-refractivity contribution < 1.29 is 17.9 Å². The highest BCUT2D eigenvalue weighted by Gasteiger charge is 2.18. The van der Waals surface area contributed by atoms with Gasteiger partial charge >= 0.3 is 6.43 Å². The largest absolute Gasteiger partial charge is 0.415 e. The predicted octanol–water partition coefficient (Wildman–Crippen LogP) is 2.54. The van der Waals surface area contributed by atoms with Crippen molar-refractivity contribution in [2.75, 3.05) is 6.61 Å². The summed E-state index contributed by atoms with van der Waals surface area (Å²) in [5.41, 5.74) is -0.250. The van der Waals surface area contributed by atoms with Crippen LogP contribution in [0.25, 0.3) is 11.5 Å². The van der Waals surface area contributed by atoms with Gasteiger partial charge in [0.1, 0.15) is 6.73 Å². The van der Waals surface area contributed by atoms with Gasteiger partial charge < -0.3 is 9.15 Å². The van der Waals surface area contributed by atoms with Gasteiger partial charge in [0.2, 0.25) is 5.89 Å². The van der Waals surface area contributed by atoms with Crippen LogP contribution in [0.4, 0.5) is 8.78 Å². The van der Waals surface area contributed by atoms with Gasteiger partial charge in [0, 0.05) is 20.7 Å². The van der Waals surface area contributed by atoms with Crippen molar-refractivity contribution in [3.63, 3.8) is 0 Å². The smallest absolute Gasteiger partial charge is 0.314 e. The first-order valence-electron chi connectivity index (χ1n) is 7.03. The van der Waals surface area contributed by atoms with Gasteiger partial charge in [0.15, 0.2) is 0 Å². The molecule has 7 nitrogen and oxygen atoms in total. The lowest BCUT2D eigenvalue weighted by Crippen LogP contribution is -2.26. The molecule has 126 valence electrons. The van der Waals surface area contributed by atoms with Gasteiger partial charge in [-0.05, 0) is 6.04 Å². The zero-order valence-electron chi connectivity index (χ0n) is 13.1. The van der Waals surface area contributed by atoms with E-state index >= 15 is 0 Å². The van der Waals surface area contributed by atoms with E-state index in [1.807, 2.05) is 0 Å². The lowest BCUT2D eigenvalue weighted by Gasteiger charge is -2.15. The number of aromatic nitrogens is 4. The Hall–Kier alpha value is -1.94. The summed E-state index contributed by atoms with van der Waals surface area (Å²) in [6.07, 6.45) is -1.56. The molecule has 2 heterocycles. The standard InChI is InChI=1S/C13H18F2N4O3Si/c1-23(2,3)5-4-21-8-19-10(20)6-9(7-16-19)12-17-18-13(22-12)11(14)15/h6-7,11H,4-5,8H2,1-3H3. The van der Waals surface area contributed by atoms with Crippen LogP contribution in [0.1, 0.15) is 12.3 Å². The Kier molecular flexibility index (Phi) is 5.37. The molecule has 0 atom stereocenters. The Bertz CT molecular complexity index is 712. The third-order valence-electron chi connectivity index (χ3n) is 2.95. The third-order valence-corrected chi connectivity index (χ3v) is 4.66. The highest BCUT2D eigenvalue weighted by atomic mass is 28.3. The molecule has 2 aromatic heterocycles. The quantitative estimate of drug-likeness (QED) is 0.567. The molecule has 2 rings (SSSR count). The van der Waals surface area contributed by atoms with E-state index < -0.39 is 25.9 Å². The van der Waals surface area contributed by atoms with Crippen molar-refractivity contribution in [2.24, 2.45) is 0 Å². The van der Waals surface area contributed by atoms with Gasteiger partial charge in [0.25, 0.3) is 11.4 Å². The minimum absolute atomic E-state index is 0.0374. The van der Waals surface area contributed by atoms with Crippen molar-refractivity contribution in [1.82, 2.24) is 20.0 Å². The molecule has 0 aliphatic heterocycles. The zero-order chi connectivity index (χ0) is 17.0. The summed E-state index contributed by atoms with van der Waals surface area (Å²) in [4.78, 5) is 11.9. The molecule has 0 bridgehead atoms. The molecule has 0 amide bonds. The maximum Gasteiger partial charge on any atom is 0.314 e. The summed E-state index contributed by atoms with van der Waals surface area (Å²) in [5, 5.41) is 10.6. The van der Waals surface area contributed by atoms with Crippen LogP contribution < -0.4 is 5.56 Å². The van der Waals surface area contributed by atoms with Gasteiger partial charge in [-0.2, -0.15) is 13.9 Å². The predicted molar refractivity (Wildman–Crippen MR) is 80.9 cm³/mol. The number of nitrogens with zero attached hydrogens (tertiary/aromatic N) is 4. The maximum absolute atomic E-state index is 12.4. The monoisotopic (exact) mass is 344 g/mol. The van der Waals surface area contributed by atoms with Gasteiger partial charge in [-0.15, -0.1) is 10.2 Å². The molecule has 23 heavy (non-hydrogen) atoms. The van der Waals surface area contributed by atoms with Crippen molar-refractivity contribution in [1.29, 1.82) is 0 Å². The first kappa shape index (κ1) is 17.4. The topological polar surface area (TPSA) is 83.0 Å². The summed E-state index contributed by atoms with van der Waals surface area (Å²) in [6, 6.07) is 2.18. The third kappa shape index (κ3) is 5.03. The fourth-order valence-electron chi connectivity index (χ4n) is 1.62. The Labute approximate surface area is 132 Å². The summed E-state index contributed by atoms with van der Waals surface area (Å²) in [5.74, 6) is -0.962. The molecule has 0 radical (unpaired) electrons. The molecule has 2 aromatic rings. The first-order valence-corrected chi connectivity index (χ1v) is 10.7. The minimum atomic E-state index is -2.86. The maximum atomic E-state index is 12.4. The fourth-order valence-corrected chi connectivity index (χ4v) is 2.37. The van der Waals surface area contributed by atoms with Crippen molar-refractivity contribution in [3.05, 3.63) is 28.5 Å². The number of ether oxygens (including phenoxy) is 1. The van der Waals surface area contributed by atoms with Crippen LogP contribution in [0, 0.1) is 0 Å². The summed E-state index contributed by atoms with van der Waals surface area (Å²) >= 11 is 0. The van der Waals surface area contributed by atoms with Crippen molar-refractivity contribution in [2.45, 2.75) is 38.8 Å². The lowest BCUT2D eigenvalue weighted by atomic mass is 10.3. The fraction of sp³-hybridized carbons (Fsp3) is 0.538. The van der Waals surface area contributed by atoms with Crippen LogP contribution in [0.5, 0.6) is 0 Å². The van der Waals surface area contributed by atoms with E-state index in [1.54, 1.807) is 0 Å². The van der Waals surface area contributed by atoms with E-state index in [1.165, 1.54) is 12.3 Å². The molecule has 0 unspecified atom stereocenters. The molecule has 0 aliphatic carbocycles. The van der Waals surface area contributed by atoms with E-state index in [0.717, 1.165) is 10.7 Å². The molecule has 0 spiro atoms. The van der Waals surface area contributed by atoms with Gasteiger partial charge in [-0.3, -0.25) is 4.79 Å². The Morgan fingerprint density at radius 1 is 1.35 bits per heavy atom. The summed E-state index contributed by atoms with van der Waals surface area (Å²) in [6.45, 7) is 7.29. The van der Waals surface area contributed by atoms with Crippen LogP contribution in [-0.2, 0) is 11.5 Å². The molecule has 0 fully saturated rings. The van der Waals surface area contributed by atoms with Gasteiger partial charge in [0.05, 0.1) is 11.8 Å². The highest BCUT2D eigenvalue weighted by Crippen LogP contribution is 2.21. The molecule has 10 heteroatoms. The molecule has 0 saturated heterocycles. The minimum Gasteiger partial charge on any atom is -0.415 e. The second-order valence-electron chi connectivity index (χ2n) is 6.18.